The molecular weight excluding hydrogens is 1080 g/mol. The molecule has 7 N–H and O–H groups in total. The van der Waals surface area contributed by atoms with Crippen LogP contribution in [0.15, 0.2) is 89.0 Å². The van der Waals surface area contributed by atoms with E-state index in [2.05, 4.69) is 41.8 Å². The van der Waals surface area contributed by atoms with Crippen LogP contribution in [0, 0.1) is 18.7 Å². The van der Waals surface area contributed by atoms with Crippen LogP contribution < -0.4 is 36.3 Å². The summed E-state index contributed by atoms with van der Waals surface area (Å²) in [6, 6.07) is 14.0. The lowest BCUT2D eigenvalue weighted by atomic mass is 9.88. The molecule has 0 radical (unpaired) electrons. The first-order valence-corrected chi connectivity index (χ1v) is 28.9. The number of benzene rings is 4. The number of ether oxygens (including phenoxy) is 3. The molecule has 434 valence electrons. The van der Waals surface area contributed by atoms with Gasteiger partial charge in [-0.2, -0.15) is 20.2 Å². The predicted octanol–water partition coefficient (Wildman–Crippen LogP) is 5.86. The lowest BCUT2D eigenvalue weighted by Gasteiger charge is -2.31. The highest BCUT2D eigenvalue weighted by molar-refractivity contribution is 6.07. The summed E-state index contributed by atoms with van der Waals surface area (Å²) in [6.45, 7) is 7.66. The third kappa shape index (κ3) is 9.51. The molecule has 0 spiro atoms. The van der Waals surface area contributed by atoms with Gasteiger partial charge in [0.25, 0.3) is 5.56 Å². The molecule has 4 aromatic carbocycles. The number of amides is 2. The molecule has 9 heterocycles. The van der Waals surface area contributed by atoms with E-state index in [1.807, 2.05) is 32.0 Å². The van der Waals surface area contributed by atoms with E-state index >= 15 is 4.39 Å². The molecule has 2 bridgehead atoms. The lowest BCUT2D eigenvalue weighted by molar-refractivity contribution is -0.142. The monoisotopic (exact) mass is 1140 g/mol. The number of pyridine rings is 1. The number of halogens is 1. The Morgan fingerprint density at radius 1 is 0.929 bits per heavy atom. The molecule has 4 aliphatic heterocycles. The van der Waals surface area contributed by atoms with E-state index in [1.54, 1.807) is 49.8 Å². The van der Waals surface area contributed by atoms with E-state index in [0.717, 1.165) is 60.1 Å². The molecule has 6 atom stereocenters. The highest BCUT2D eigenvalue weighted by Gasteiger charge is 2.44. The summed E-state index contributed by atoms with van der Waals surface area (Å²) in [7, 11) is 0. The van der Waals surface area contributed by atoms with Gasteiger partial charge in [-0.25, -0.2) is 9.18 Å². The normalized spacial score (nSPS) is 20.8. The molecule has 84 heavy (non-hydrogen) atoms. The fourth-order valence-corrected chi connectivity index (χ4v) is 13.2. The molecule has 22 nitrogen and oxygen atoms in total. The van der Waals surface area contributed by atoms with Crippen LogP contribution >= 0.6 is 0 Å². The Morgan fingerprint density at radius 3 is 2.48 bits per heavy atom. The van der Waals surface area contributed by atoms with Crippen LogP contribution in [-0.4, -0.2) is 141 Å². The molecule has 1 saturated carbocycles. The number of fused-ring (bicyclic) bond motifs is 7. The summed E-state index contributed by atoms with van der Waals surface area (Å²) in [5.74, 6) is -0.395. The SMILES string of the molecule is Cc1c(F)cc2[nH]ncc2c1-c1c(C2CC2)cc2c(N3C[C@@H]4C[C@H]3CN4)nc(OC3CCOCC3)nc2c1OCc1ccc2c(c1)[nH]c(=O)c1nn([C@H](C(=O)N3C[C@H](O)C[C@H]3C(=O)N[C@@H](CO)c3ccc(-n4cc[nH]c4=O)cc3)C(C)C)cc12. The number of β-amino-alcohol motifs (C(OH)–C–C–N with tert-alkyl or cyclic N) is 1. The fraction of sp³-hybridized carbons (Fsp3) is 0.410. The maximum Gasteiger partial charge on any atom is 0.330 e. The molecule has 5 aromatic heterocycles. The number of rotatable bonds is 16. The van der Waals surface area contributed by atoms with Gasteiger partial charge in [0.1, 0.15) is 41.9 Å². The Balaban J connectivity index is 0.799. The number of nitrogens with one attached hydrogen (secondary N) is 5. The Kier molecular flexibility index (Phi) is 13.6. The van der Waals surface area contributed by atoms with Crippen molar-refractivity contribution in [1.29, 1.82) is 0 Å². The van der Waals surface area contributed by atoms with Crippen LogP contribution in [0.2, 0.25) is 0 Å². The largest absolute Gasteiger partial charge is 0.486 e. The molecule has 2 amide bonds. The number of H-pyrrole nitrogens is 3. The zero-order valence-electron chi connectivity index (χ0n) is 46.6. The van der Waals surface area contributed by atoms with Crippen molar-refractivity contribution in [2.75, 3.05) is 44.4 Å². The number of piperazine rings is 1. The summed E-state index contributed by atoms with van der Waals surface area (Å²) in [5, 5.41) is 42.7. The number of hydrogen-bond acceptors (Lipinski definition) is 15. The summed E-state index contributed by atoms with van der Waals surface area (Å²) in [4.78, 5) is 75.0. The van der Waals surface area contributed by atoms with Crippen molar-refractivity contribution < 1.29 is 38.4 Å². The van der Waals surface area contributed by atoms with E-state index in [4.69, 9.17) is 29.3 Å². The van der Waals surface area contributed by atoms with Gasteiger partial charge in [0.05, 0.1) is 49.4 Å². The standard InChI is InChI=1S/C61H64FN13O9/c1-30(2)54(59(80)74-26-38(77)20-49(74)57(78)67-48(28-76)34-7-9-36(10-8-34)72-15-14-63-61(72)81)75-27-44-40-11-4-32(18-46(40)66-58(79)53(44)71-75)29-83-55-51(50-31(3)45(62)22-47-43(50)24-65-70-47)41(33-5-6-33)21-42-52(55)68-60(84-39-12-16-82-17-13-39)69-56(42)73-25-35-19-37(73)23-64-35/h4,7-11,14-15,18,21-22,24,27,30,33,35,37-39,48-49,54,64,76-77H,5-6,12-13,16-17,19-20,23,25-26,28-29H2,1-3H3,(H,63,81)(H,65,70)(H,66,79)(H,67,78)/t35-,37-,38+,48-,49-,54-/m0/s1. The van der Waals surface area contributed by atoms with E-state index in [9.17, 15) is 29.4 Å². The quantitative estimate of drug-likeness (QED) is 0.0597. The minimum absolute atomic E-state index is 0.0184. The molecule has 0 unspecified atom stereocenters. The van der Waals surface area contributed by atoms with Crippen LogP contribution in [0.1, 0.15) is 92.6 Å². The minimum Gasteiger partial charge on any atom is -0.486 e. The van der Waals surface area contributed by atoms with E-state index < -0.39 is 48.2 Å². The number of aliphatic hydroxyl groups is 2. The number of likely N-dealkylation sites (tertiary alicyclic amines) is 1. The van der Waals surface area contributed by atoms with Crippen LogP contribution in [0.4, 0.5) is 10.2 Å². The van der Waals surface area contributed by atoms with E-state index in [-0.39, 0.29) is 66.6 Å². The van der Waals surface area contributed by atoms with Crippen molar-refractivity contribution in [2.45, 2.75) is 114 Å². The molecule has 4 saturated heterocycles. The van der Waals surface area contributed by atoms with E-state index in [0.29, 0.717) is 93.1 Å². The van der Waals surface area contributed by atoms with Crippen molar-refractivity contribution >= 4 is 61.2 Å². The van der Waals surface area contributed by atoms with E-state index in [1.165, 1.54) is 26.4 Å². The van der Waals surface area contributed by atoms with Crippen LogP contribution in [0.3, 0.4) is 0 Å². The second-order valence-electron chi connectivity index (χ2n) is 23.5. The van der Waals surface area contributed by atoms with Gasteiger partial charge in [0.15, 0.2) is 11.3 Å². The zero-order valence-corrected chi connectivity index (χ0v) is 46.6. The third-order valence-corrected chi connectivity index (χ3v) is 17.6. The highest BCUT2D eigenvalue weighted by atomic mass is 19.1. The van der Waals surface area contributed by atoms with Gasteiger partial charge in [0.2, 0.25) is 11.8 Å². The molecule has 23 heteroatoms. The van der Waals surface area contributed by atoms with Crippen LogP contribution in [0.5, 0.6) is 11.8 Å². The fourth-order valence-electron chi connectivity index (χ4n) is 13.2. The predicted molar refractivity (Wildman–Crippen MR) is 310 cm³/mol. The topological polar surface area (TPSA) is 276 Å². The van der Waals surface area contributed by atoms with Crippen molar-refractivity contribution in [3.8, 4) is 28.6 Å². The molecular formula is C61H64FN13O9. The average Bonchev–Trinajstić information content (AvgIpc) is 1.75. The molecule has 14 rings (SSSR count). The van der Waals surface area contributed by atoms with Gasteiger partial charge < -0.3 is 54.8 Å². The number of aromatic amines is 3. The van der Waals surface area contributed by atoms with Gasteiger partial charge in [0, 0.05) is 108 Å². The lowest BCUT2D eigenvalue weighted by Crippen LogP contribution is -2.50. The first-order chi connectivity index (χ1) is 40.8. The number of nitrogens with zero attached hydrogens (tertiary/aromatic N) is 8. The first kappa shape index (κ1) is 53.5. The highest BCUT2D eigenvalue weighted by Crippen LogP contribution is 2.54. The smallest absolute Gasteiger partial charge is 0.330 e. The number of carbonyl (C=O) groups is 2. The van der Waals surface area contributed by atoms with Crippen molar-refractivity contribution in [1.82, 2.24) is 60.0 Å². The summed E-state index contributed by atoms with van der Waals surface area (Å²) in [6.07, 6.45) is 9.59. The number of aromatic nitrogens is 9. The maximum atomic E-state index is 16.2. The van der Waals surface area contributed by atoms with Crippen LogP contribution in [0.25, 0.3) is 60.4 Å². The summed E-state index contributed by atoms with van der Waals surface area (Å²) >= 11 is 0. The van der Waals surface area contributed by atoms with Crippen LogP contribution in [-0.2, 0) is 20.9 Å². The summed E-state index contributed by atoms with van der Waals surface area (Å²) in [5.41, 5.74) is 5.63. The molecule has 5 fully saturated rings. The van der Waals surface area contributed by atoms with Crippen molar-refractivity contribution in [3.05, 3.63) is 128 Å². The first-order valence-electron chi connectivity index (χ1n) is 28.9. The number of hydrogen-bond donors (Lipinski definition) is 7. The van der Waals surface area contributed by atoms with Crippen molar-refractivity contribution in [3.63, 3.8) is 0 Å². The number of aliphatic hydroxyl groups excluding tert-OH is 2. The van der Waals surface area contributed by atoms with Gasteiger partial charge in [-0.3, -0.25) is 28.7 Å². The Hall–Kier alpha value is -8.51. The number of carbonyl (C=O) groups excluding carboxylic acids is 2. The van der Waals surface area contributed by atoms with Crippen molar-refractivity contribution in [2.24, 2.45) is 5.92 Å². The summed E-state index contributed by atoms with van der Waals surface area (Å²) < 4.78 is 38.6. The average molecular weight is 1140 g/mol. The number of imidazole rings is 1. The maximum absolute atomic E-state index is 16.2. The second-order valence-corrected chi connectivity index (χ2v) is 23.5. The second kappa shape index (κ2) is 21.3. The Morgan fingerprint density at radius 2 is 1.75 bits per heavy atom. The zero-order chi connectivity index (χ0) is 57.7. The molecule has 5 aliphatic rings. The molecule has 1 aliphatic carbocycles. The minimum atomic E-state index is -1.08. The molecule has 9 aromatic rings. The van der Waals surface area contributed by atoms with Gasteiger partial charge in [-0.05, 0) is 90.6 Å². The van der Waals surface area contributed by atoms with Gasteiger partial charge in [-0.15, -0.1) is 0 Å². The Bertz CT molecular complexity index is 4180. The van der Waals surface area contributed by atoms with Gasteiger partial charge in [-0.1, -0.05) is 38.1 Å². The van der Waals surface area contributed by atoms with Gasteiger partial charge >= 0.3 is 11.7 Å². The Labute approximate surface area is 479 Å². The number of anilines is 1. The third-order valence-electron chi connectivity index (χ3n) is 17.6.